The van der Waals surface area contributed by atoms with Crippen LogP contribution >= 0.6 is 11.6 Å². The van der Waals surface area contributed by atoms with Gasteiger partial charge in [0.25, 0.3) is 0 Å². The molecule has 0 unspecified atom stereocenters. The van der Waals surface area contributed by atoms with Crippen LogP contribution in [-0.2, 0) is 4.74 Å². The Labute approximate surface area is 85.5 Å². The Hall–Kier alpha value is -0.900. The molecule has 0 aromatic carbocycles. The van der Waals surface area contributed by atoms with Crippen LogP contribution in [0.3, 0.4) is 0 Å². The van der Waals surface area contributed by atoms with Crippen molar-refractivity contribution in [1.29, 1.82) is 0 Å². The Balaban J connectivity index is 4.37. The van der Waals surface area contributed by atoms with Crippen molar-refractivity contribution < 1.29 is 17.9 Å². The molecule has 0 fully saturated rings. The smallest absolute Gasteiger partial charge is 0.411 e. The lowest BCUT2D eigenvalue weighted by atomic mass is 10.4. The van der Waals surface area contributed by atoms with Crippen LogP contribution in [0, 0.1) is 0 Å². The first-order valence-electron chi connectivity index (χ1n) is 3.77. The van der Waals surface area contributed by atoms with Crippen LogP contribution in [0.4, 0.5) is 13.2 Å². The van der Waals surface area contributed by atoms with Gasteiger partial charge in [-0.15, -0.1) is 13.2 Å². The highest BCUT2D eigenvalue weighted by atomic mass is 35.5. The maximum Gasteiger partial charge on any atom is 0.572 e. The van der Waals surface area contributed by atoms with Crippen molar-refractivity contribution >= 4 is 11.6 Å². The van der Waals surface area contributed by atoms with Gasteiger partial charge in [0.1, 0.15) is 5.76 Å². The molecule has 0 spiro atoms. The van der Waals surface area contributed by atoms with Crippen LogP contribution in [0.2, 0.25) is 0 Å². The van der Waals surface area contributed by atoms with Gasteiger partial charge in [-0.25, -0.2) is 0 Å². The Morgan fingerprint density at radius 3 is 2.36 bits per heavy atom. The summed E-state index contributed by atoms with van der Waals surface area (Å²) < 4.78 is 38.6. The lowest BCUT2D eigenvalue weighted by Gasteiger charge is -2.08. The molecule has 0 N–H and O–H groups in total. The number of rotatable bonds is 3. The molecule has 0 aromatic rings. The lowest BCUT2D eigenvalue weighted by Crippen LogP contribution is -2.11. The van der Waals surface area contributed by atoms with Gasteiger partial charge in [0.15, 0.2) is 0 Å². The Kier molecular flexibility index (Phi) is 5.38. The number of halogens is 4. The summed E-state index contributed by atoms with van der Waals surface area (Å²) in [5.74, 6) is -0.303. The Morgan fingerprint density at radius 1 is 1.36 bits per heavy atom. The van der Waals surface area contributed by atoms with E-state index in [0.29, 0.717) is 0 Å². The first-order valence-corrected chi connectivity index (χ1v) is 4.15. The molecular weight excluding hydrogens is 217 g/mol. The fourth-order valence-electron chi connectivity index (χ4n) is 0.642. The summed E-state index contributed by atoms with van der Waals surface area (Å²) in [5, 5.41) is 0.171. The van der Waals surface area contributed by atoms with Crippen LogP contribution < -0.4 is 0 Å². The van der Waals surface area contributed by atoms with E-state index in [9.17, 15) is 13.2 Å². The van der Waals surface area contributed by atoms with Crippen molar-refractivity contribution in [1.82, 2.24) is 0 Å². The zero-order valence-corrected chi connectivity index (χ0v) is 8.49. The van der Waals surface area contributed by atoms with Crippen LogP contribution in [0.1, 0.15) is 13.8 Å². The number of allylic oxidation sites excluding steroid dienone is 6. The first-order chi connectivity index (χ1) is 6.35. The highest BCUT2D eigenvalue weighted by Gasteiger charge is 2.30. The Morgan fingerprint density at radius 2 is 1.93 bits per heavy atom. The standard InChI is InChI=1S/C9H10ClF3O/c1-3-4-5-8(10)6-7(2)14-9(11,12)13/h3-6H,1-2H3/b4-3-,7-6+,8-5+. The summed E-state index contributed by atoms with van der Waals surface area (Å²) in [6.07, 6.45) is 1.20. The molecule has 0 saturated heterocycles. The lowest BCUT2D eigenvalue weighted by molar-refractivity contribution is -0.305. The zero-order valence-electron chi connectivity index (χ0n) is 7.73. The Bertz CT molecular complexity index is 264. The van der Waals surface area contributed by atoms with Crippen LogP contribution in [0.15, 0.2) is 35.1 Å². The van der Waals surface area contributed by atoms with Gasteiger partial charge in [-0.2, -0.15) is 0 Å². The highest BCUT2D eigenvalue weighted by molar-refractivity contribution is 6.31. The fourth-order valence-corrected chi connectivity index (χ4v) is 0.869. The molecule has 0 rings (SSSR count). The topological polar surface area (TPSA) is 9.23 Å². The van der Waals surface area contributed by atoms with Crippen molar-refractivity contribution in [2.75, 3.05) is 0 Å². The van der Waals surface area contributed by atoms with E-state index in [1.165, 1.54) is 13.0 Å². The summed E-state index contributed by atoms with van der Waals surface area (Å²) in [7, 11) is 0. The fraction of sp³-hybridized carbons (Fsp3) is 0.333. The van der Waals surface area contributed by atoms with E-state index in [4.69, 9.17) is 11.6 Å². The zero-order chi connectivity index (χ0) is 11.2. The van der Waals surface area contributed by atoms with E-state index >= 15 is 0 Å². The minimum atomic E-state index is -4.67. The summed E-state index contributed by atoms with van der Waals surface area (Å²) in [4.78, 5) is 0. The second kappa shape index (κ2) is 5.75. The second-order valence-electron chi connectivity index (χ2n) is 2.38. The van der Waals surface area contributed by atoms with Crippen LogP contribution in [0.25, 0.3) is 0 Å². The van der Waals surface area contributed by atoms with E-state index < -0.39 is 6.36 Å². The van der Waals surface area contributed by atoms with Crippen molar-refractivity contribution in [2.45, 2.75) is 20.2 Å². The predicted molar refractivity (Wildman–Crippen MR) is 49.6 cm³/mol. The number of ether oxygens (including phenoxy) is 1. The summed E-state index contributed by atoms with van der Waals surface area (Å²) >= 11 is 5.57. The average Bonchev–Trinajstić information content (AvgIpc) is 1.96. The molecule has 0 heterocycles. The molecule has 0 amide bonds. The largest absolute Gasteiger partial charge is 0.572 e. The third-order valence-corrected chi connectivity index (χ3v) is 1.30. The van der Waals surface area contributed by atoms with Crippen LogP contribution in [0.5, 0.6) is 0 Å². The number of hydrogen-bond donors (Lipinski definition) is 0. The minimum absolute atomic E-state index is 0.171. The van der Waals surface area contributed by atoms with Crippen molar-refractivity contribution in [3.8, 4) is 0 Å². The molecule has 14 heavy (non-hydrogen) atoms. The van der Waals surface area contributed by atoms with E-state index in [-0.39, 0.29) is 10.8 Å². The molecule has 0 bridgehead atoms. The molecular formula is C9H10ClF3O. The normalized spacial score (nSPS) is 15.0. The van der Waals surface area contributed by atoms with Crippen molar-refractivity contribution in [2.24, 2.45) is 0 Å². The average molecular weight is 227 g/mol. The molecule has 0 aromatic heterocycles. The molecule has 0 aliphatic carbocycles. The van der Waals surface area contributed by atoms with Gasteiger partial charge in [0.05, 0.1) is 0 Å². The third kappa shape index (κ3) is 7.73. The molecule has 0 aliphatic heterocycles. The number of hydrogen-bond acceptors (Lipinski definition) is 1. The summed E-state index contributed by atoms with van der Waals surface area (Å²) in [5.41, 5.74) is 0. The van der Waals surface area contributed by atoms with Gasteiger partial charge in [-0.05, 0) is 26.0 Å². The maximum absolute atomic E-state index is 11.7. The van der Waals surface area contributed by atoms with E-state index in [2.05, 4.69) is 4.74 Å². The SMILES string of the molecule is C\C=C/C=C(Cl)\C=C(/C)OC(F)(F)F. The summed E-state index contributed by atoms with van der Waals surface area (Å²) in [6.45, 7) is 2.95. The van der Waals surface area contributed by atoms with Crippen LogP contribution in [-0.4, -0.2) is 6.36 Å². The van der Waals surface area contributed by atoms with Crippen molar-refractivity contribution in [3.63, 3.8) is 0 Å². The molecule has 0 aliphatic rings. The third-order valence-electron chi connectivity index (χ3n) is 1.07. The molecule has 0 saturated carbocycles. The molecule has 5 heteroatoms. The first kappa shape index (κ1) is 13.1. The van der Waals surface area contributed by atoms with E-state index in [0.717, 1.165) is 6.08 Å². The van der Waals surface area contributed by atoms with Gasteiger partial charge in [-0.1, -0.05) is 23.8 Å². The molecule has 0 atom stereocenters. The quantitative estimate of drug-likeness (QED) is 0.519. The van der Waals surface area contributed by atoms with Crippen molar-refractivity contribution in [3.05, 3.63) is 35.1 Å². The monoisotopic (exact) mass is 226 g/mol. The maximum atomic E-state index is 11.7. The van der Waals surface area contributed by atoms with Gasteiger partial charge in [0, 0.05) is 5.03 Å². The van der Waals surface area contributed by atoms with Gasteiger partial charge in [0.2, 0.25) is 0 Å². The summed E-state index contributed by atoms with van der Waals surface area (Å²) in [6, 6.07) is 0. The molecule has 1 nitrogen and oxygen atoms in total. The minimum Gasteiger partial charge on any atom is -0.411 e. The van der Waals surface area contributed by atoms with Gasteiger partial charge < -0.3 is 4.74 Å². The van der Waals surface area contributed by atoms with Gasteiger partial charge in [-0.3, -0.25) is 0 Å². The predicted octanol–water partition coefficient (Wildman–Crippen LogP) is 4.13. The second-order valence-corrected chi connectivity index (χ2v) is 2.82. The highest BCUT2D eigenvalue weighted by Crippen LogP contribution is 2.21. The molecule has 80 valence electrons. The van der Waals surface area contributed by atoms with Gasteiger partial charge >= 0.3 is 6.36 Å². The van der Waals surface area contributed by atoms with E-state index in [1.807, 2.05) is 0 Å². The van der Waals surface area contributed by atoms with E-state index in [1.54, 1.807) is 19.1 Å². The molecule has 0 radical (unpaired) electrons. The number of alkyl halides is 3.